The van der Waals surface area contributed by atoms with Gasteiger partial charge in [0, 0.05) is 36.3 Å². The van der Waals surface area contributed by atoms with Crippen molar-refractivity contribution in [2.75, 3.05) is 19.8 Å². The van der Waals surface area contributed by atoms with E-state index in [2.05, 4.69) is 5.32 Å². The summed E-state index contributed by atoms with van der Waals surface area (Å²) in [6.07, 6.45) is 1.31. The summed E-state index contributed by atoms with van der Waals surface area (Å²) in [6, 6.07) is 10.1. The van der Waals surface area contributed by atoms with Crippen LogP contribution in [0.25, 0.3) is 0 Å². The molecule has 1 saturated heterocycles. The van der Waals surface area contributed by atoms with Gasteiger partial charge in [-0.2, -0.15) is 0 Å². The van der Waals surface area contributed by atoms with E-state index in [1.165, 1.54) is 24.3 Å². The van der Waals surface area contributed by atoms with Crippen molar-refractivity contribution in [3.05, 3.63) is 74.5 Å². The number of carbonyl (C=O) groups is 1. The normalized spacial score (nSPS) is 15.9. The number of rotatable bonds is 5. The van der Waals surface area contributed by atoms with E-state index in [9.17, 15) is 19.3 Å². The lowest BCUT2D eigenvalue weighted by molar-refractivity contribution is -0.385. The van der Waals surface area contributed by atoms with Crippen molar-refractivity contribution < 1.29 is 18.8 Å². The van der Waals surface area contributed by atoms with Crippen LogP contribution in [0.2, 0.25) is 5.02 Å². The lowest BCUT2D eigenvalue weighted by Gasteiger charge is -2.38. The Balaban J connectivity index is 1.83. The minimum atomic E-state index is -0.634. The van der Waals surface area contributed by atoms with Gasteiger partial charge in [0.1, 0.15) is 11.4 Å². The van der Waals surface area contributed by atoms with Gasteiger partial charge in [-0.25, -0.2) is 4.39 Å². The van der Waals surface area contributed by atoms with Gasteiger partial charge in [-0.1, -0.05) is 23.7 Å². The van der Waals surface area contributed by atoms with E-state index in [1.54, 1.807) is 12.1 Å². The number of carbonyl (C=O) groups excluding carboxylic acids is 1. The molecule has 1 N–H and O–H groups in total. The lowest BCUT2D eigenvalue weighted by Crippen LogP contribution is -2.44. The molecular weight excluding hydrogens is 375 g/mol. The highest BCUT2D eigenvalue weighted by Gasteiger charge is 2.35. The van der Waals surface area contributed by atoms with Gasteiger partial charge in [-0.3, -0.25) is 14.9 Å². The third-order valence-corrected chi connectivity index (χ3v) is 5.13. The molecule has 27 heavy (non-hydrogen) atoms. The SMILES string of the molecule is O=C(NCC1(c2ccc(F)cc2)CCOCC1)c1ccc(Cl)cc1[N+](=O)[O-]. The predicted octanol–water partition coefficient (Wildman–Crippen LogP) is 3.87. The predicted molar refractivity (Wildman–Crippen MR) is 98.6 cm³/mol. The van der Waals surface area contributed by atoms with E-state index in [0.717, 1.165) is 11.6 Å². The number of nitrogens with zero attached hydrogens (tertiary/aromatic N) is 1. The van der Waals surface area contributed by atoms with E-state index in [0.29, 0.717) is 26.1 Å². The van der Waals surface area contributed by atoms with Crippen molar-refractivity contribution >= 4 is 23.2 Å². The summed E-state index contributed by atoms with van der Waals surface area (Å²) in [5.74, 6) is -0.881. The van der Waals surface area contributed by atoms with Gasteiger partial charge in [0.05, 0.1) is 4.92 Å². The van der Waals surface area contributed by atoms with Gasteiger partial charge in [0.25, 0.3) is 11.6 Å². The Morgan fingerprint density at radius 3 is 2.52 bits per heavy atom. The average Bonchev–Trinajstić information content (AvgIpc) is 2.67. The summed E-state index contributed by atoms with van der Waals surface area (Å²) >= 11 is 5.80. The van der Waals surface area contributed by atoms with Gasteiger partial charge >= 0.3 is 0 Å². The Morgan fingerprint density at radius 1 is 1.22 bits per heavy atom. The van der Waals surface area contributed by atoms with Gasteiger partial charge in [-0.05, 0) is 42.7 Å². The van der Waals surface area contributed by atoms with Crippen molar-refractivity contribution in [2.45, 2.75) is 18.3 Å². The fraction of sp³-hybridized carbons (Fsp3) is 0.316. The van der Waals surface area contributed by atoms with Crippen LogP contribution < -0.4 is 5.32 Å². The van der Waals surface area contributed by atoms with E-state index in [-0.39, 0.29) is 28.6 Å². The number of nitrogens with one attached hydrogen (secondary N) is 1. The number of hydrogen-bond acceptors (Lipinski definition) is 4. The molecule has 0 spiro atoms. The second-order valence-corrected chi connectivity index (χ2v) is 6.94. The zero-order valence-electron chi connectivity index (χ0n) is 14.4. The molecule has 6 nitrogen and oxygen atoms in total. The van der Waals surface area contributed by atoms with Crippen LogP contribution >= 0.6 is 11.6 Å². The Labute approximate surface area is 160 Å². The number of hydrogen-bond donors (Lipinski definition) is 1. The first-order valence-corrected chi connectivity index (χ1v) is 8.85. The van der Waals surface area contributed by atoms with Gasteiger partial charge in [-0.15, -0.1) is 0 Å². The minimum Gasteiger partial charge on any atom is -0.381 e. The zero-order chi connectivity index (χ0) is 19.4. The molecule has 2 aromatic rings. The van der Waals surface area contributed by atoms with Crippen LogP contribution in [0.4, 0.5) is 10.1 Å². The van der Waals surface area contributed by atoms with E-state index < -0.39 is 16.2 Å². The van der Waals surface area contributed by atoms with Gasteiger partial charge < -0.3 is 10.1 Å². The highest BCUT2D eigenvalue weighted by Crippen LogP contribution is 2.34. The van der Waals surface area contributed by atoms with Gasteiger partial charge in [0.15, 0.2) is 0 Å². The Kier molecular flexibility index (Phi) is 5.72. The summed E-state index contributed by atoms with van der Waals surface area (Å²) in [5.41, 5.74) is 0.0923. The number of halogens is 2. The second kappa shape index (κ2) is 8.02. The summed E-state index contributed by atoms with van der Waals surface area (Å²) in [4.78, 5) is 23.2. The number of ether oxygens (including phenoxy) is 1. The van der Waals surface area contributed by atoms with E-state index in [1.807, 2.05) is 0 Å². The molecule has 0 unspecified atom stereocenters. The number of amides is 1. The molecule has 8 heteroatoms. The van der Waals surface area contributed by atoms with E-state index >= 15 is 0 Å². The lowest BCUT2D eigenvalue weighted by atomic mass is 9.74. The molecule has 0 radical (unpaired) electrons. The summed E-state index contributed by atoms with van der Waals surface area (Å²) in [7, 11) is 0. The first-order chi connectivity index (χ1) is 12.9. The van der Waals surface area contributed by atoms with Crippen LogP contribution in [-0.2, 0) is 10.2 Å². The summed E-state index contributed by atoms with van der Waals surface area (Å²) in [6.45, 7) is 1.31. The molecule has 3 rings (SSSR count). The third kappa shape index (κ3) is 4.26. The first-order valence-electron chi connectivity index (χ1n) is 8.47. The quantitative estimate of drug-likeness (QED) is 0.618. The maximum atomic E-state index is 13.3. The highest BCUT2D eigenvalue weighted by atomic mass is 35.5. The standard InChI is InChI=1S/C19H18ClFN2O4/c20-14-3-6-16(17(11-14)23(25)26)18(24)22-12-19(7-9-27-10-8-19)13-1-4-15(21)5-2-13/h1-6,11H,7-10,12H2,(H,22,24). The first kappa shape index (κ1) is 19.3. The highest BCUT2D eigenvalue weighted by molar-refractivity contribution is 6.31. The number of benzene rings is 2. The molecule has 1 amide bonds. The Morgan fingerprint density at radius 2 is 1.89 bits per heavy atom. The number of nitro groups is 1. The largest absolute Gasteiger partial charge is 0.381 e. The maximum Gasteiger partial charge on any atom is 0.283 e. The molecule has 1 fully saturated rings. The second-order valence-electron chi connectivity index (χ2n) is 6.50. The van der Waals surface area contributed by atoms with Crippen LogP contribution in [0.15, 0.2) is 42.5 Å². The molecule has 0 aliphatic carbocycles. The maximum absolute atomic E-state index is 13.3. The fourth-order valence-corrected chi connectivity index (χ4v) is 3.49. The molecule has 0 saturated carbocycles. The van der Waals surface area contributed by atoms with Crippen molar-refractivity contribution in [3.8, 4) is 0 Å². The smallest absolute Gasteiger partial charge is 0.283 e. The van der Waals surface area contributed by atoms with Crippen molar-refractivity contribution in [1.82, 2.24) is 5.32 Å². The third-order valence-electron chi connectivity index (χ3n) is 4.89. The van der Waals surface area contributed by atoms with Gasteiger partial charge in [0.2, 0.25) is 0 Å². The molecular formula is C19H18ClFN2O4. The molecule has 1 aliphatic rings. The van der Waals surface area contributed by atoms with Crippen molar-refractivity contribution in [3.63, 3.8) is 0 Å². The molecule has 2 aromatic carbocycles. The fourth-order valence-electron chi connectivity index (χ4n) is 3.33. The molecule has 0 bridgehead atoms. The monoisotopic (exact) mass is 392 g/mol. The molecule has 142 valence electrons. The summed E-state index contributed by atoms with van der Waals surface area (Å²) in [5, 5.41) is 14.2. The van der Waals surface area contributed by atoms with Crippen LogP contribution in [0, 0.1) is 15.9 Å². The van der Waals surface area contributed by atoms with Crippen LogP contribution in [0.3, 0.4) is 0 Å². The molecule has 1 heterocycles. The van der Waals surface area contributed by atoms with Crippen molar-refractivity contribution in [1.29, 1.82) is 0 Å². The average molecular weight is 393 g/mol. The minimum absolute atomic E-state index is 0.0503. The molecule has 1 aliphatic heterocycles. The van der Waals surface area contributed by atoms with Crippen LogP contribution in [0.5, 0.6) is 0 Å². The molecule has 0 atom stereocenters. The summed E-state index contributed by atoms with van der Waals surface area (Å²) < 4.78 is 18.7. The Hall–Kier alpha value is -2.51. The van der Waals surface area contributed by atoms with Crippen LogP contribution in [0.1, 0.15) is 28.8 Å². The van der Waals surface area contributed by atoms with Crippen LogP contribution in [-0.4, -0.2) is 30.6 Å². The zero-order valence-corrected chi connectivity index (χ0v) is 15.2. The number of nitro benzene ring substituents is 1. The molecule has 0 aromatic heterocycles. The van der Waals surface area contributed by atoms with Crippen molar-refractivity contribution in [2.24, 2.45) is 0 Å². The Bertz CT molecular complexity index is 851. The topological polar surface area (TPSA) is 81.5 Å². The van der Waals surface area contributed by atoms with E-state index in [4.69, 9.17) is 16.3 Å².